The highest BCUT2D eigenvalue weighted by atomic mass is 16.2. The van der Waals surface area contributed by atoms with E-state index in [1.54, 1.807) is 24.3 Å². The number of aromatic nitrogens is 2. The number of hydrogen-bond acceptors (Lipinski definition) is 5. The lowest BCUT2D eigenvalue weighted by Gasteiger charge is -2.48. The number of carbonyl (C=O) groups excluding carboxylic acids is 1. The molecule has 2 fully saturated rings. The van der Waals surface area contributed by atoms with Crippen molar-refractivity contribution >= 4 is 17.7 Å². The lowest BCUT2D eigenvalue weighted by Crippen LogP contribution is -2.54. The number of anilines is 2. The Labute approximate surface area is 166 Å². The highest BCUT2D eigenvalue weighted by molar-refractivity contribution is 5.95. The molecule has 2 heterocycles. The second kappa shape index (κ2) is 7.05. The number of carbonyl (C=O) groups is 1. The predicted molar refractivity (Wildman–Crippen MR) is 110 cm³/mol. The van der Waals surface area contributed by atoms with Crippen LogP contribution in [-0.2, 0) is 5.54 Å². The number of rotatable bonds is 4. The van der Waals surface area contributed by atoms with Gasteiger partial charge in [-0.1, -0.05) is 30.3 Å². The topological polar surface area (TPSA) is 73.4 Å². The molecular weight excluding hydrogens is 352 g/mol. The molecule has 2 aliphatic rings. The molecule has 1 saturated carbocycles. The molecule has 1 aromatic heterocycles. The van der Waals surface area contributed by atoms with Crippen molar-refractivity contribution in [1.29, 1.82) is 0 Å². The highest BCUT2D eigenvalue weighted by Gasteiger charge is 2.50. The third-order valence-electron chi connectivity index (χ3n) is 6.45. The van der Waals surface area contributed by atoms with Gasteiger partial charge in [-0.25, -0.2) is 14.8 Å². The van der Waals surface area contributed by atoms with E-state index >= 15 is 0 Å². The summed E-state index contributed by atoms with van der Waals surface area (Å²) in [7, 11) is 6.09. The van der Waals surface area contributed by atoms with Crippen molar-refractivity contribution in [3.05, 3.63) is 48.3 Å². The van der Waals surface area contributed by atoms with Gasteiger partial charge >= 0.3 is 6.03 Å². The molecule has 7 nitrogen and oxygen atoms in total. The van der Waals surface area contributed by atoms with Gasteiger partial charge in [0.05, 0.1) is 30.2 Å². The molecule has 0 unspecified atom stereocenters. The summed E-state index contributed by atoms with van der Waals surface area (Å²) in [4.78, 5) is 25.3. The summed E-state index contributed by atoms with van der Waals surface area (Å²) < 4.78 is 0. The van der Waals surface area contributed by atoms with Gasteiger partial charge in [0.1, 0.15) is 0 Å². The summed E-state index contributed by atoms with van der Waals surface area (Å²) in [6.45, 7) is 0.659. The van der Waals surface area contributed by atoms with Gasteiger partial charge in [0.25, 0.3) is 0 Å². The Morgan fingerprint density at radius 1 is 1.07 bits per heavy atom. The minimum atomic E-state index is -0.187. The second-order valence-corrected chi connectivity index (χ2v) is 8.10. The molecule has 1 spiro atoms. The Bertz CT molecular complexity index is 828. The van der Waals surface area contributed by atoms with Crippen molar-refractivity contribution in [2.24, 2.45) is 0 Å². The summed E-state index contributed by atoms with van der Waals surface area (Å²) in [5.74, 6) is 0.550. The zero-order chi connectivity index (χ0) is 19.8. The Balaban J connectivity index is 1.53. The smallest absolute Gasteiger partial charge is 0.322 e. The van der Waals surface area contributed by atoms with E-state index in [0.29, 0.717) is 12.5 Å². The van der Waals surface area contributed by atoms with Crippen LogP contribution in [0.1, 0.15) is 31.2 Å². The van der Waals surface area contributed by atoms with E-state index in [9.17, 15) is 4.79 Å². The number of benzene rings is 1. The summed E-state index contributed by atoms with van der Waals surface area (Å²) in [5, 5.41) is 6.17. The highest BCUT2D eigenvalue weighted by Crippen LogP contribution is 2.46. The molecule has 0 atom stereocenters. The minimum Gasteiger partial charge on any atom is -0.357 e. The standard InChI is InChI=1S/C21H28N6O/c1-22-18-23-13-17(14-24-18)27-15-20(25-19(27)28)9-11-21(12-10-20,26(2)3)16-7-5-4-6-8-16/h4-8,13-14H,9-12,15H2,1-3H3,(H,25,28)(H,22,23,24). The van der Waals surface area contributed by atoms with Crippen LogP contribution in [0, 0.1) is 0 Å². The first-order valence-corrected chi connectivity index (χ1v) is 9.81. The van der Waals surface area contributed by atoms with Gasteiger partial charge in [0.2, 0.25) is 5.95 Å². The first-order valence-electron chi connectivity index (χ1n) is 9.81. The van der Waals surface area contributed by atoms with E-state index in [2.05, 4.69) is 69.9 Å². The number of hydrogen-bond donors (Lipinski definition) is 2. The van der Waals surface area contributed by atoms with Gasteiger partial charge in [-0.3, -0.25) is 9.80 Å². The third kappa shape index (κ3) is 3.09. The molecule has 1 aliphatic heterocycles. The average molecular weight is 380 g/mol. The number of nitrogens with zero attached hydrogens (tertiary/aromatic N) is 4. The van der Waals surface area contributed by atoms with Crippen LogP contribution >= 0.6 is 0 Å². The fourth-order valence-electron chi connectivity index (χ4n) is 4.67. The molecule has 7 heteroatoms. The number of nitrogens with one attached hydrogen (secondary N) is 2. The zero-order valence-electron chi connectivity index (χ0n) is 16.8. The van der Waals surface area contributed by atoms with Crippen LogP contribution in [0.2, 0.25) is 0 Å². The van der Waals surface area contributed by atoms with E-state index in [0.717, 1.165) is 31.4 Å². The normalized spacial score (nSPS) is 27.3. The first kappa shape index (κ1) is 18.7. The van der Waals surface area contributed by atoms with E-state index in [1.165, 1.54) is 5.56 Å². The van der Waals surface area contributed by atoms with Crippen molar-refractivity contribution in [3.8, 4) is 0 Å². The van der Waals surface area contributed by atoms with Crippen LogP contribution in [0.3, 0.4) is 0 Å². The molecule has 1 aromatic carbocycles. The summed E-state index contributed by atoms with van der Waals surface area (Å²) in [5.41, 5.74) is 1.92. The van der Waals surface area contributed by atoms with Gasteiger partial charge < -0.3 is 10.6 Å². The number of amides is 2. The van der Waals surface area contributed by atoms with Crippen LogP contribution in [0.4, 0.5) is 16.4 Å². The molecular formula is C21H28N6O. The van der Waals surface area contributed by atoms with E-state index in [1.807, 2.05) is 0 Å². The Morgan fingerprint density at radius 2 is 1.71 bits per heavy atom. The fraction of sp³-hybridized carbons (Fsp3) is 0.476. The van der Waals surface area contributed by atoms with E-state index in [-0.39, 0.29) is 17.1 Å². The van der Waals surface area contributed by atoms with Crippen LogP contribution in [0.5, 0.6) is 0 Å². The molecule has 0 radical (unpaired) electrons. The molecule has 4 rings (SSSR count). The zero-order valence-corrected chi connectivity index (χ0v) is 16.8. The maximum Gasteiger partial charge on any atom is 0.322 e. The SMILES string of the molecule is CNc1ncc(N2CC3(CCC(c4ccccc4)(N(C)C)CC3)NC2=O)cn1. The van der Waals surface area contributed by atoms with Crippen molar-refractivity contribution in [1.82, 2.24) is 20.2 Å². The van der Waals surface area contributed by atoms with E-state index in [4.69, 9.17) is 0 Å². The molecule has 1 aliphatic carbocycles. The van der Waals surface area contributed by atoms with Gasteiger partial charge in [-0.15, -0.1) is 0 Å². The molecule has 2 N–H and O–H groups in total. The van der Waals surface area contributed by atoms with Gasteiger partial charge in [-0.05, 0) is 45.3 Å². The minimum absolute atomic E-state index is 0.0161. The van der Waals surface area contributed by atoms with Crippen LogP contribution in [0.25, 0.3) is 0 Å². The average Bonchev–Trinajstić information content (AvgIpc) is 3.05. The fourth-order valence-corrected chi connectivity index (χ4v) is 4.67. The Hall–Kier alpha value is -2.67. The Kier molecular flexibility index (Phi) is 4.71. The van der Waals surface area contributed by atoms with Gasteiger partial charge in [0, 0.05) is 12.6 Å². The van der Waals surface area contributed by atoms with Gasteiger partial charge in [-0.2, -0.15) is 0 Å². The maximum atomic E-state index is 12.7. The molecule has 28 heavy (non-hydrogen) atoms. The monoisotopic (exact) mass is 380 g/mol. The Morgan fingerprint density at radius 3 is 2.29 bits per heavy atom. The molecule has 148 valence electrons. The first-order chi connectivity index (χ1) is 13.5. The van der Waals surface area contributed by atoms with Gasteiger partial charge in [0.15, 0.2) is 0 Å². The largest absolute Gasteiger partial charge is 0.357 e. The van der Waals surface area contributed by atoms with Crippen molar-refractivity contribution in [3.63, 3.8) is 0 Å². The lowest BCUT2D eigenvalue weighted by atomic mass is 9.69. The maximum absolute atomic E-state index is 12.7. The van der Waals surface area contributed by atoms with Crippen molar-refractivity contribution < 1.29 is 4.79 Å². The van der Waals surface area contributed by atoms with Crippen LogP contribution in [0.15, 0.2) is 42.7 Å². The lowest BCUT2D eigenvalue weighted by molar-refractivity contribution is 0.0658. The van der Waals surface area contributed by atoms with E-state index < -0.39 is 0 Å². The summed E-state index contributed by atoms with van der Waals surface area (Å²) in [6.07, 6.45) is 7.30. The third-order valence-corrected chi connectivity index (χ3v) is 6.45. The van der Waals surface area contributed by atoms with Crippen LogP contribution < -0.4 is 15.5 Å². The quantitative estimate of drug-likeness (QED) is 0.853. The predicted octanol–water partition coefficient (Wildman–Crippen LogP) is 2.82. The second-order valence-electron chi connectivity index (χ2n) is 8.10. The van der Waals surface area contributed by atoms with Crippen LogP contribution in [-0.4, -0.2) is 54.1 Å². The summed E-state index contributed by atoms with van der Waals surface area (Å²) in [6, 6.07) is 10.7. The molecule has 1 saturated heterocycles. The molecule has 0 bridgehead atoms. The van der Waals surface area contributed by atoms with Crippen molar-refractivity contribution in [2.75, 3.05) is 37.9 Å². The molecule has 2 amide bonds. The summed E-state index contributed by atoms with van der Waals surface area (Å²) >= 11 is 0. The molecule has 2 aromatic rings. The number of urea groups is 1. The van der Waals surface area contributed by atoms with Crippen molar-refractivity contribution in [2.45, 2.75) is 36.8 Å².